The van der Waals surface area contributed by atoms with Gasteiger partial charge in [0.2, 0.25) is 5.75 Å². The molecular weight excluding hydrogens is 246 g/mol. The summed E-state index contributed by atoms with van der Waals surface area (Å²) in [6, 6.07) is 3.90. The average Bonchev–Trinajstić information content (AvgIpc) is 2.44. The highest BCUT2D eigenvalue weighted by Crippen LogP contribution is 2.38. The fourth-order valence-corrected chi connectivity index (χ4v) is 1.76. The molecule has 0 fully saturated rings. The molecule has 108 valence electrons. The van der Waals surface area contributed by atoms with Gasteiger partial charge in [0, 0.05) is 26.7 Å². The Morgan fingerprint density at radius 1 is 1.00 bits per heavy atom. The van der Waals surface area contributed by atoms with E-state index in [1.807, 2.05) is 19.2 Å². The van der Waals surface area contributed by atoms with Crippen LogP contribution in [0.15, 0.2) is 12.1 Å². The van der Waals surface area contributed by atoms with Crippen molar-refractivity contribution in [1.82, 2.24) is 5.32 Å². The van der Waals surface area contributed by atoms with Crippen molar-refractivity contribution in [2.24, 2.45) is 0 Å². The third-order valence-electron chi connectivity index (χ3n) is 2.64. The van der Waals surface area contributed by atoms with E-state index >= 15 is 0 Å². The van der Waals surface area contributed by atoms with Crippen LogP contribution in [0.2, 0.25) is 0 Å². The van der Waals surface area contributed by atoms with Gasteiger partial charge in [-0.3, -0.25) is 0 Å². The number of hydrogen-bond acceptors (Lipinski definition) is 5. The third-order valence-corrected chi connectivity index (χ3v) is 2.64. The first-order chi connectivity index (χ1) is 9.26. The second-order valence-electron chi connectivity index (χ2n) is 4.05. The first-order valence-corrected chi connectivity index (χ1v) is 6.28. The van der Waals surface area contributed by atoms with Gasteiger partial charge in [-0.25, -0.2) is 0 Å². The maximum Gasteiger partial charge on any atom is 0.203 e. The summed E-state index contributed by atoms with van der Waals surface area (Å²) in [6.45, 7) is 1.98. The standard InChI is InChI=1S/C14H23NO4/c1-15-10-11-8-12(17-3)14(13(9-11)18-4)19-7-5-6-16-2/h8-9,15H,5-7,10H2,1-4H3. The first kappa shape index (κ1) is 15.6. The molecule has 1 rings (SSSR count). The highest BCUT2D eigenvalue weighted by molar-refractivity contribution is 5.53. The lowest BCUT2D eigenvalue weighted by molar-refractivity contribution is 0.169. The number of ether oxygens (including phenoxy) is 4. The molecule has 0 amide bonds. The first-order valence-electron chi connectivity index (χ1n) is 6.28. The van der Waals surface area contributed by atoms with Crippen LogP contribution < -0.4 is 19.5 Å². The molecule has 0 aromatic heterocycles. The molecule has 0 radical (unpaired) electrons. The van der Waals surface area contributed by atoms with E-state index in [0.717, 1.165) is 18.5 Å². The van der Waals surface area contributed by atoms with E-state index in [1.165, 1.54) is 0 Å². The van der Waals surface area contributed by atoms with Crippen LogP contribution >= 0.6 is 0 Å². The summed E-state index contributed by atoms with van der Waals surface area (Å²) in [4.78, 5) is 0. The Balaban J connectivity index is 2.86. The van der Waals surface area contributed by atoms with E-state index in [2.05, 4.69) is 5.32 Å². The smallest absolute Gasteiger partial charge is 0.203 e. The zero-order chi connectivity index (χ0) is 14.1. The minimum atomic E-state index is 0.561. The van der Waals surface area contributed by atoms with Crippen molar-refractivity contribution in [2.45, 2.75) is 13.0 Å². The van der Waals surface area contributed by atoms with E-state index in [-0.39, 0.29) is 0 Å². The van der Waals surface area contributed by atoms with Gasteiger partial charge >= 0.3 is 0 Å². The molecule has 1 aromatic rings. The molecule has 1 N–H and O–H groups in total. The van der Waals surface area contributed by atoms with Gasteiger partial charge < -0.3 is 24.3 Å². The topological polar surface area (TPSA) is 49.0 Å². The van der Waals surface area contributed by atoms with Gasteiger partial charge in [-0.1, -0.05) is 0 Å². The number of nitrogens with one attached hydrogen (secondary N) is 1. The molecule has 19 heavy (non-hydrogen) atoms. The zero-order valence-electron chi connectivity index (χ0n) is 12.1. The second-order valence-corrected chi connectivity index (χ2v) is 4.05. The monoisotopic (exact) mass is 269 g/mol. The van der Waals surface area contributed by atoms with Gasteiger partial charge in [-0.2, -0.15) is 0 Å². The predicted molar refractivity (Wildman–Crippen MR) is 74.3 cm³/mol. The van der Waals surface area contributed by atoms with Gasteiger partial charge in [0.1, 0.15) is 0 Å². The summed E-state index contributed by atoms with van der Waals surface area (Å²) in [7, 11) is 6.82. The van der Waals surface area contributed by atoms with E-state index < -0.39 is 0 Å². The molecule has 0 spiro atoms. The van der Waals surface area contributed by atoms with Crippen molar-refractivity contribution in [3.63, 3.8) is 0 Å². The van der Waals surface area contributed by atoms with Crippen LogP contribution in [0.4, 0.5) is 0 Å². The summed E-state index contributed by atoms with van der Waals surface area (Å²) >= 11 is 0. The van der Waals surface area contributed by atoms with Crippen LogP contribution in [0.3, 0.4) is 0 Å². The Morgan fingerprint density at radius 2 is 1.63 bits per heavy atom. The van der Waals surface area contributed by atoms with Crippen molar-refractivity contribution in [3.05, 3.63) is 17.7 Å². The second kappa shape index (κ2) is 8.61. The van der Waals surface area contributed by atoms with Crippen LogP contribution in [0.25, 0.3) is 0 Å². The number of hydrogen-bond donors (Lipinski definition) is 1. The van der Waals surface area contributed by atoms with Crippen molar-refractivity contribution >= 4 is 0 Å². The lowest BCUT2D eigenvalue weighted by Gasteiger charge is -2.16. The summed E-state index contributed by atoms with van der Waals surface area (Å²) in [6.07, 6.45) is 0.821. The Bertz CT molecular complexity index is 357. The molecule has 0 aliphatic heterocycles. The molecule has 0 atom stereocenters. The Kier molecular flexibility index (Phi) is 7.07. The van der Waals surface area contributed by atoms with Crippen molar-refractivity contribution in [3.8, 4) is 17.2 Å². The molecule has 0 aliphatic carbocycles. The summed E-state index contributed by atoms with van der Waals surface area (Å²) in [5.41, 5.74) is 1.08. The maximum absolute atomic E-state index is 5.73. The highest BCUT2D eigenvalue weighted by Gasteiger charge is 2.13. The predicted octanol–water partition coefficient (Wildman–Crippen LogP) is 1.84. The SMILES string of the molecule is CNCc1cc(OC)c(OCCCOC)c(OC)c1. The molecule has 0 saturated heterocycles. The number of rotatable bonds is 9. The van der Waals surface area contributed by atoms with Crippen molar-refractivity contribution < 1.29 is 18.9 Å². The van der Waals surface area contributed by atoms with Gasteiger partial charge in [-0.05, 0) is 24.7 Å². The van der Waals surface area contributed by atoms with Gasteiger partial charge in [0.15, 0.2) is 11.5 Å². The molecule has 5 heteroatoms. The fraction of sp³-hybridized carbons (Fsp3) is 0.571. The van der Waals surface area contributed by atoms with Crippen LogP contribution in [-0.2, 0) is 11.3 Å². The molecule has 0 bridgehead atoms. The van der Waals surface area contributed by atoms with Crippen LogP contribution in [0, 0.1) is 0 Å². The number of benzene rings is 1. The molecule has 1 aromatic carbocycles. The van der Waals surface area contributed by atoms with Crippen LogP contribution in [0.5, 0.6) is 17.2 Å². The maximum atomic E-state index is 5.73. The average molecular weight is 269 g/mol. The largest absolute Gasteiger partial charge is 0.493 e. The summed E-state index contributed by atoms with van der Waals surface area (Å²) in [5.74, 6) is 2.00. The number of methoxy groups -OCH3 is 3. The van der Waals surface area contributed by atoms with Gasteiger partial charge in [0.05, 0.1) is 20.8 Å². The minimum Gasteiger partial charge on any atom is -0.493 e. The van der Waals surface area contributed by atoms with Crippen molar-refractivity contribution in [2.75, 3.05) is 41.6 Å². The summed E-state index contributed by atoms with van der Waals surface area (Å²) in [5, 5.41) is 3.10. The van der Waals surface area contributed by atoms with Crippen molar-refractivity contribution in [1.29, 1.82) is 0 Å². The minimum absolute atomic E-state index is 0.561. The summed E-state index contributed by atoms with van der Waals surface area (Å²) < 4.78 is 21.5. The molecular formula is C14H23NO4. The Labute approximate surface area is 114 Å². The van der Waals surface area contributed by atoms with Gasteiger partial charge in [-0.15, -0.1) is 0 Å². The van der Waals surface area contributed by atoms with Gasteiger partial charge in [0.25, 0.3) is 0 Å². The van der Waals surface area contributed by atoms with E-state index in [9.17, 15) is 0 Å². The molecule has 0 unspecified atom stereocenters. The molecule has 5 nitrogen and oxygen atoms in total. The zero-order valence-corrected chi connectivity index (χ0v) is 12.1. The quantitative estimate of drug-likeness (QED) is 0.693. The lowest BCUT2D eigenvalue weighted by Crippen LogP contribution is -2.08. The normalized spacial score (nSPS) is 10.3. The molecule has 0 aliphatic rings. The Hall–Kier alpha value is -1.46. The third kappa shape index (κ3) is 4.61. The Morgan fingerprint density at radius 3 is 2.11 bits per heavy atom. The van der Waals surface area contributed by atoms with E-state index in [0.29, 0.717) is 30.5 Å². The molecule has 0 heterocycles. The molecule has 0 saturated carbocycles. The fourth-order valence-electron chi connectivity index (χ4n) is 1.76. The van der Waals surface area contributed by atoms with E-state index in [1.54, 1.807) is 21.3 Å². The van der Waals surface area contributed by atoms with E-state index in [4.69, 9.17) is 18.9 Å². The van der Waals surface area contributed by atoms with Crippen LogP contribution in [0.1, 0.15) is 12.0 Å². The lowest BCUT2D eigenvalue weighted by atomic mass is 10.2. The van der Waals surface area contributed by atoms with Crippen LogP contribution in [-0.4, -0.2) is 41.6 Å². The highest BCUT2D eigenvalue weighted by atomic mass is 16.5.